The smallest absolute Gasteiger partial charge is 0.264 e. The van der Waals surface area contributed by atoms with Gasteiger partial charge in [-0.3, -0.25) is 13.9 Å². The van der Waals surface area contributed by atoms with Gasteiger partial charge in [-0.2, -0.15) is 0 Å². The summed E-state index contributed by atoms with van der Waals surface area (Å²) in [5.41, 5.74) is 2.32. The predicted octanol–water partition coefficient (Wildman–Crippen LogP) is 8.01. The first-order valence-corrected chi connectivity index (χ1v) is 17.6. The average molecular weight is 715 g/mol. The number of anilines is 1. The van der Waals surface area contributed by atoms with Crippen LogP contribution >= 0.6 is 34.8 Å². The van der Waals surface area contributed by atoms with Crippen molar-refractivity contribution in [1.82, 2.24) is 10.2 Å². The number of benzene rings is 4. The Morgan fingerprint density at radius 3 is 2.02 bits per heavy atom. The number of amides is 2. The number of carbonyl (C=O) groups excluding carboxylic acids is 2. The quantitative estimate of drug-likeness (QED) is 0.171. The highest BCUT2D eigenvalue weighted by Crippen LogP contribution is 2.31. The fraction of sp³-hybridized carbons (Fsp3) is 0.278. The van der Waals surface area contributed by atoms with Crippen LogP contribution in [0.5, 0.6) is 0 Å². The number of hydrogen-bond donors (Lipinski definition) is 1. The Balaban J connectivity index is 1.88. The van der Waals surface area contributed by atoms with Gasteiger partial charge in [0.2, 0.25) is 11.8 Å². The van der Waals surface area contributed by atoms with Crippen molar-refractivity contribution in [2.45, 2.75) is 64.1 Å². The fourth-order valence-corrected chi connectivity index (χ4v) is 7.33. The zero-order valence-electron chi connectivity index (χ0n) is 26.9. The van der Waals surface area contributed by atoms with Gasteiger partial charge in [0.05, 0.1) is 10.6 Å². The summed E-state index contributed by atoms with van der Waals surface area (Å²) in [5, 5.41) is 4.04. The lowest BCUT2D eigenvalue weighted by molar-refractivity contribution is -0.140. The molecule has 1 atom stereocenters. The van der Waals surface area contributed by atoms with Crippen LogP contribution in [0.15, 0.2) is 95.9 Å². The molecule has 248 valence electrons. The van der Waals surface area contributed by atoms with E-state index in [2.05, 4.69) is 5.32 Å². The van der Waals surface area contributed by atoms with Crippen molar-refractivity contribution in [2.24, 2.45) is 0 Å². The third kappa shape index (κ3) is 9.29. The van der Waals surface area contributed by atoms with Gasteiger partial charge in [0.25, 0.3) is 10.0 Å². The topological polar surface area (TPSA) is 86.8 Å². The Morgan fingerprint density at radius 1 is 0.830 bits per heavy atom. The zero-order valence-corrected chi connectivity index (χ0v) is 30.0. The summed E-state index contributed by atoms with van der Waals surface area (Å²) >= 11 is 19.4. The second-order valence-corrected chi connectivity index (χ2v) is 15.5. The van der Waals surface area contributed by atoms with Crippen LogP contribution in [0.1, 0.15) is 43.0 Å². The molecule has 0 fully saturated rings. The highest BCUT2D eigenvalue weighted by atomic mass is 35.5. The Hall–Kier alpha value is -3.56. The summed E-state index contributed by atoms with van der Waals surface area (Å²) in [4.78, 5) is 30.1. The summed E-state index contributed by atoms with van der Waals surface area (Å²) in [6.07, 6.45) is 0.154. The van der Waals surface area contributed by atoms with Gasteiger partial charge in [0.15, 0.2) is 0 Å². The molecule has 0 aliphatic rings. The van der Waals surface area contributed by atoms with Crippen molar-refractivity contribution in [3.05, 3.63) is 128 Å². The Bertz CT molecular complexity index is 1820. The molecule has 4 rings (SSSR count). The molecule has 2 amide bonds. The minimum Gasteiger partial charge on any atom is -0.350 e. The maximum atomic E-state index is 14.7. The Labute approximate surface area is 292 Å². The van der Waals surface area contributed by atoms with E-state index in [0.29, 0.717) is 26.2 Å². The molecule has 0 aliphatic heterocycles. The molecule has 0 aliphatic carbocycles. The molecule has 0 spiro atoms. The Kier molecular flexibility index (Phi) is 11.7. The van der Waals surface area contributed by atoms with E-state index in [0.717, 1.165) is 15.4 Å². The number of aryl methyl sites for hydroxylation is 2. The van der Waals surface area contributed by atoms with E-state index in [1.165, 1.54) is 17.0 Å². The van der Waals surface area contributed by atoms with Crippen LogP contribution in [0.3, 0.4) is 0 Å². The highest BCUT2D eigenvalue weighted by molar-refractivity contribution is 7.92. The SMILES string of the molecule is Cc1ccc(S(=O)(=O)N(CC(=O)N(Cc2c(Cl)cccc2Cl)[C@@H](Cc2ccccc2)C(=O)NC(C)(C)C)c2ccc(Cl)cc2C)cc1. The molecule has 0 bridgehead atoms. The first-order chi connectivity index (χ1) is 22.1. The number of hydrogen-bond acceptors (Lipinski definition) is 4. The summed E-state index contributed by atoms with van der Waals surface area (Å²) in [6.45, 7) is 8.36. The van der Waals surface area contributed by atoms with Gasteiger partial charge in [-0.1, -0.05) is 88.9 Å². The first-order valence-electron chi connectivity index (χ1n) is 15.0. The second-order valence-electron chi connectivity index (χ2n) is 12.4. The average Bonchev–Trinajstić information content (AvgIpc) is 2.99. The predicted molar refractivity (Wildman–Crippen MR) is 191 cm³/mol. The summed E-state index contributed by atoms with van der Waals surface area (Å²) in [7, 11) is -4.27. The van der Waals surface area contributed by atoms with Crippen LogP contribution in [0, 0.1) is 13.8 Å². The lowest BCUT2D eigenvalue weighted by atomic mass is 10.0. The first kappa shape index (κ1) is 36.3. The monoisotopic (exact) mass is 713 g/mol. The number of carbonyl (C=O) groups is 2. The van der Waals surface area contributed by atoms with Gasteiger partial charge in [-0.05, 0) is 88.2 Å². The maximum absolute atomic E-state index is 14.7. The standard InChI is InChI=1S/C36H38Cl3N3O4S/c1-24-14-17-28(18-15-24)47(45,46)42(32-19-16-27(37)20-25(32)2)23-34(43)41(22-29-30(38)12-9-13-31(29)39)33(35(44)40-36(3,4)5)21-26-10-7-6-8-11-26/h6-20,33H,21-23H2,1-5H3,(H,40,44)/t33-/m0/s1. The van der Waals surface area contributed by atoms with Crippen molar-refractivity contribution < 1.29 is 18.0 Å². The van der Waals surface area contributed by atoms with E-state index in [1.54, 1.807) is 55.5 Å². The van der Waals surface area contributed by atoms with Crippen LogP contribution < -0.4 is 9.62 Å². The van der Waals surface area contributed by atoms with Crippen molar-refractivity contribution in [2.75, 3.05) is 10.8 Å². The van der Waals surface area contributed by atoms with E-state index in [1.807, 2.05) is 58.0 Å². The molecule has 7 nitrogen and oxygen atoms in total. The molecule has 0 saturated heterocycles. The minimum atomic E-state index is -4.27. The van der Waals surface area contributed by atoms with Crippen LogP contribution in [0.4, 0.5) is 5.69 Å². The summed E-state index contributed by atoms with van der Waals surface area (Å²) < 4.78 is 29.6. The molecule has 0 radical (unpaired) electrons. The number of halogens is 3. The van der Waals surface area contributed by atoms with Crippen molar-refractivity contribution in [3.8, 4) is 0 Å². The van der Waals surface area contributed by atoms with Crippen LogP contribution in [-0.4, -0.2) is 43.3 Å². The van der Waals surface area contributed by atoms with Gasteiger partial charge >= 0.3 is 0 Å². The molecule has 1 N–H and O–H groups in total. The summed E-state index contributed by atoms with van der Waals surface area (Å²) in [5.74, 6) is -1.04. The lowest BCUT2D eigenvalue weighted by Gasteiger charge is -2.36. The number of rotatable bonds is 11. The number of sulfonamides is 1. The lowest BCUT2D eigenvalue weighted by Crippen LogP contribution is -2.56. The van der Waals surface area contributed by atoms with E-state index >= 15 is 0 Å². The molecule has 0 saturated carbocycles. The molecule has 0 unspecified atom stereocenters. The fourth-order valence-electron chi connectivity index (χ4n) is 5.11. The normalized spacial score (nSPS) is 12.3. The molecule has 4 aromatic rings. The second kappa shape index (κ2) is 15.1. The van der Waals surface area contributed by atoms with E-state index in [9.17, 15) is 18.0 Å². The molecule has 47 heavy (non-hydrogen) atoms. The zero-order chi connectivity index (χ0) is 34.5. The van der Waals surface area contributed by atoms with Crippen molar-refractivity contribution >= 4 is 62.3 Å². The van der Waals surface area contributed by atoms with Crippen molar-refractivity contribution in [1.29, 1.82) is 0 Å². The van der Waals surface area contributed by atoms with Gasteiger partial charge in [-0.25, -0.2) is 8.42 Å². The van der Waals surface area contributed by atoms with Gasteiger partial charge < -0.3 is 10.2 Å². The Morgan fingerprint density at radius 2 is 1.45 bits per heavy atom. The molecule has 0 heterocycles. The molecular weight excluding hydrogens is 677 g/mol. The van der Waals surface area contributed by atoms with E-state index in [-0.39, 0.29) is 23.5 Å². The van der Waals surface area contributed by atoms with Crippen LogP contribution in [0.25, 0.3) is 0 Å². The third-order valence-corrected chi connectivity index (χ3v) is 10.2. The van der Waals surface area contributed by atoms with E-state index in [4.69, 9.17) is 34.8 Å². The van der Waals surface area contributed by atoms with Gasteiger partial charge in [-0.15, -0.1) is 0 Å². The van der Waals surface area contributed by atoms with Crippen LogP contribution in [0.2, 0.25) is 15.1 Å². The van der Waals surface area contributed by atoms with E-state index < -0.39 is 40.0 Å². The number of nitrogens with zero attached hydrogens (tertiary/aromatic N) is 2. The molecule has 11 heteroatoms. The number of nitrogens with one attached hydrogen (secondary N) is 1. The largest absolute Gasteiger partial charge is 0.350 e. The maximum Gasteiger partial charge on any atom is 0.264 e. The van der Waals surface area contributed by atoms with Crippen molar-refractivity contribution in [3.63, 3.8) is 0 Å². The third-order valence-electron chi connectivity index (χ3n) is 7.47. The highest BCUT2D eigenvalue weighted by Gasteiger charge is 2.36. The van der Waals surface area contributed by atoms with Gasteiger partial charge in [0, 0.05) is 39.1 Å². The summed E-state index contributed by atoms with van der Waals surface area (Å²) in [6, 6.07) is 24.4. The van der Waals surface area contributed by atoms with Crippen LogP contribution in [-0.2, 0) is 32.6 Å². The minimum absolute atomic E-state index is 0.0114. The molecular formula is C36H38Cl3N3O4S. The van der Waals surface area contributed by atoms with Gasteiger partial charge in [0.1, 0.15) is 12.6 Å². The molecule has 0 aromatic heterocycles. The molecule has 4 aromatic carbocycles.